The second-order valence-electron chi connectivity index (χ2n) is 7.81. The molecule has 1 amide bonds. The number of hydrogen-bond acceptors (Lipinski definition) is 7. The predicted octanol–water partition coefficient (Wildman–Crippen LogP) is 3.82. The highest BCUT2D eigenvalue weighted by Crippen LogP contribution is 2.30. The molecule has 3 heterocycles. The van der Waals surface area contributed by atoms with Gasteiger partial charge >= 0.3 is 6.18 Å². The molecule has 8 nitrogen and oxygen atoms in total. The lowest BCUT2D eigenvalue weighted by atomic mass is 10.0. The quantitative estimate of drug-likeness (QED) is 0.512. The number of benzene rings is 1. The molecule has 1 aromatic carbocycles. The Balaban J connectivity index is 1.63. The molecule has 0 N–H and O–H groups in total. The molecule has 13 heteroatoms. The maximum absolute atomic E-state index is 14.1. The minimum Gasteiger partial charge on any atom is -0.334 e. The van der Waals surface area contributed by atoms with E-state index in [2.05, 4.69) is 19.9 Å². The van der Waals surface area contributed by atoms with E-state index >= 15 is 0 Å². The van der Waals surface area contributed by atoms with Crippen LogP contribution in [-0.4, -0.2) is 56.5 Å². The third-order valence-electron chi connectivity index (χ3n) is 5.11. The molecule has 0 radical (unpaired) electrons. The van der Waals surface area contributed by atoms with Gasteiger partial charge in [-0.05, 0) is 32.0 Å². The van der Waals surface area contributed by atoms with Crippen LogP contribution in [0.15, 0.2) is 36.7 Å². The summed E-state index contributed by atoms with van der Waals surface area (Å²) >= 11 is 0. The lowest BCUT2D eigenvalue weighted by Crippen LogP contribution is -2.37. The molecule has 0 saturated carbocycles. The highest BCUT2D eigenvalue weighted by Gasteiger charge is 2.35. The smallest absolute Gasteiger partial charge is 0.334 e. The second kappa shape index (κ2) is 9.49. The molecule has 1 fully saturated rings. The summed E-state index contributed by atoms with van der Waals surface area (Å²) in [6.07, 6.45) is -2.54. The topological polar surface area (TPSA) is 84.3 Å². The average molecular weight is 494 g/mol. The largest absolute Gasteiger partial charge is 0.433 e. The standard InChI is InChI=1S/C22H19F5N6O2/c1-12-11-32(6-7-33(35-12)19-10-18(22(25,26)27)30-13(2)31-19)21(34)15-9-17(24)16(23)8-14(15)20-28-4-3-5-29-20/h3-5,8-10,12H,6-7,11H2,1-2H3/t12-/m0/s1. The van der Waals surface area contributed by atoms with Gasteiger partial charge in [-0.3, -0.25) is 9.63 Å². The maximum atomic E-state index is 14.1. The Morgan fingerprint density at radius 2 is 1.74 bits per heavy atom. The first-order valence-electron chi connectivity index (χ1n) is 10.5. The molecule has 4 rings (SSSR count). The minimum absolute atomic E-state index is 0.00164. The third kappa shape index (κ3) is 5.34. The molecule has 1 atom stereocenters. The Bertz CT molecular complexity index is 1240. The van der Waals surface area contributed by atoms with Crippen LogP contribution in [0.5, 0.6) is 0 Å². The number of aryl methyl sites for hydroxylation is 1. The lowest BCUT2D eigenvalue weighted by molar-refractivity contribution is -0.141. The van der Waals surface area contributed by atoms with Crippen molar-refractivity contribution in [1.29, 1.82) is 0 Å². The number of rotatable bonds is 3. The number of aromatic nitrogens is 4. The van der Waals surface area contributed by atoms with E-state index in [9.17, 15) is 26.7 Å². The number of hydrogen-bond donors (Lipinski definition) is 0. The zero-order valence-electron chi connectivity index (χ0n) is 18.6. The first kappa shape index (κ1) is 24.4. The Labute approximate surface area is 196 Å². The van der Waals surface area contributed by atoms with Gasteiger partial charge in [-0.25, -0.2) is 33.8 Å². The molecule has 2 aromatic heterocycles. The molecule has 0 aliphatic carbocycles. The van der Waals surface area contributed by atoms with E-state index < -0.39 is 35.5 Å². The SMILES string of the molecule is Cc1nc(N2CCN(C(=O)c3cc(F)c(F)cc3-c3ncccn3)C[C@H](C)O2)cc(C(F)(F)F)n1. The van der Waals surface area contributed by atoms with Gasteiger partial charge in [0.25, 0.3) is 5.91 Å². The van der Waals surface area contributed by atoms with Crippen molar-refractivity contribution in [3.05, 3.63) is 65.4 Å². The fourth-order valence-corrected chi connectivity index (χ4v) is 3.61. The predicted molar refractivity (Wildman–Crippen MR) is 113 cm³/mol. The number of alkyl halides is 3. The van der Waals surface area contributed by atoms with E-state index in [4.69, 9.17) is 4.84 Å². The zero-order chi connectivity index (χ0) is 25.3. The van der Waals surface area contributed by atoms with Crippen LogP contribution in [0.2, 0.25) is 0 Å². The summed E-state index contributed by atoms with van der Waals surface area (Å²) in [6.45, 7) is 2.93. The highest BCUT2D eigenvalue weighted by molar-refractivity contribution is 6.00. The van der Waals surface area contributed by atoms with E-state index in [0.29, 0.717) is 0 Å². The van der Waals surface area contributed by atoms with Gasteiger partial charge < -0.3 is 4.90 Å². The molecule has 1 aliphatic rings. The summed E-state index contributed by atoms with van der Waals surface area (Å²) in [6, 6.07) is 3.93. The van der Waals surface area contributed by atoms with Crippen molar-refractivity contribution in [2.45, 2.75) is 26.1 Å². The van der Waals surface area contributed by atoms with E-state index in [0.717, 1.165) is 23.3 Å². The number of carbonyl (C=O) groups excluding carboxylic acids is 1. The van der Waals surface area contributed by atoms with Crippen molar-refractivity contribution in [2.24, 2.45) is 0 Å². The summed E-state index contributed by atoms with van der Waals surface area (Å²) in [7, 11) is 0. The fourth-order valence-electron chi connectivity index (χ4n) is 3.61. The van der Waals surface area contributed by atoms with Crippen molar-refractivity contribution in [1.82, 2.24) is 24.8 Å². The molecule has 184 valence electrons. The summed E-state index contributed by atoms with van der Waals surface area (Å²) in [4.78, 5) is 35.9. The van der Waals surface area contributed by atoms with Gasteiger partial charge in [0.2, 0.25) is 0 Å². The monoisotopic (exact) mass is 494 g/mol. The van der Waals surface area contributed by atoms with E-state index in [1.165, 1.54) is 30.3 Å². The van der Waals surface area contributed by atoms with Gasteiger partial charge in [-0.1, -0.05) is 0 Å². The highest BCUT2D eigenvalue weighted by atomic mass is 19.4. The van der Waals surface area contributed by atoms with Crippen molar-refractivity contribution in [3.63, 3.8) is 0 Å². The fraction of sp³-hybridized carbons (Fsp3) is 0.318. The van der Waals surface area contributed by atoms with Gasteiger partial charge in [0.1, 0.15) is 17.6 Å². The van der Waals surface area contributed by atoms with Crippen LogP contribution in [0.4, 0.5) is 27.8 Å². The van der Waals surface area contributed by atoms with Crippen LogP contribution >= 0.6 is 0 Å². The van der Waals surface area contributed by atoms with E-state index in [1.807, 2.05) is 0 Å². The lowest BCUT2D eigenvalue weighted by Gasteiger charge is -2.23. The Morgan fingerprint density at radius 1 is 1.06 bits per heavy atom. The van der Waals surface area contributed by atoms with Gasteiger partial charge in [0.05, 0.1) is 12.1 Å². The van der Waals surface area contributed by atoms with Gasteiger partial charge in [-0.2, -0.15) is 13.2 Å². The Hall–Kier alpha value is -3.74. The van der Waals surface area contributed by atoms with Crippen LogP contribution in [0.25, 0.3) is 11.4 Å². The van der Waals surface area contributed by atoms with Crippen LogP contribution in [0.1, 0.15) is 28.8 Å². The Kier molecular flexibility index (Phi) is 6.61. The summed E-state index contributed by atoms with van der Waals surface area (Å²) < 4.78 is 67.7. The average Bonchev–Trinajstić information content (AvgIpc) is 3.01. The Morgan fingerprint density at radius 3 is 2.43 bits per heavy atom. The van der Waals surface area contributed by atoms with Crippen molar-refractivity contribution < 1.29 is 31.6 Å². The van der Waals surface area contributed by atoms with Crippen LogP contribution in [-0.2, 0) is 11.0 Å². The van der Waals surface area contributed by atoms with Crippen LogP contribution in [0, 0.1) is 18.6 Å². The van der Waals surface area contributed by atoms with Crippen molar-refractivity contribution in [2.75, 3.05) is 24.7 Å². The van der Waals surface area contributed by atoms with Gasteiger partial charge in [-0.15, -0.1) is 0 Å². The molecule has 0 spiro atoms. The number of nitrogens with zero attached hydrogens (tertiary/aromatic N) is 6. The van der Waals surface area contributed by atoms with Crippen LogP contribution < -0.4 is 5.06 Å². The number of hydroxylamine groups is 1. The van der Waals surface area contributed by atoms with Crippen molar-refractivity contribution >= 4 is 11.7 Å². The zero-order valence-corrected chi connectivity index (χ0v) is 18.6. The summed E-state index contributed by atoms with van der Waals surface area (Å²) in [5.74, 6) is -3.20. The first-order chi connectivity index (χ1) is 16.5. The first-order valence-corrected chi connectivity index (χ1v) is 10.5. The summed E-state index contributed by atoms with van der Waals surface area (Å²) in [5.41, 5.74) is -1.28. The van der Waals surface area contributed by atoms with E-state index in [1.54, 1.807) is 6.92 Å². The molecular formula is C22H19F5N6O2. The number of carbonyl (C=O) groups is 1. The molecule has 1 aliphatic heterocycles. The number of amides is 1. The van der Waals surface area contributed by atoms with Crippen molar-refractivity contribution in [3.8, 4) is 11.4 Å². The normalized spacial score (nSPS) is 16.8. The third-order valence-corrected chi connectivity index (χ3v) is 5.11. The number of anilines is 1. The minimum atomic E-state index is -4.68. The second-order valence-corrected chi connectivity index (χ2v) is 7.81. The van der Waals surface area contributed by atoms with Gasteiger partial charge in [0.15, 0.2) is 23.3 Å². The summed E-state index contributed by atoms with van der Waals surface area (Å²) in [5, 5.41) is 1.16. The number of halogens is 5. The van der Waals surface area contributed by atoms with E-state index in [-0.39, 0.29) is 48.2 Å². The molecule has 3 aromatic rings. The molecular weight excluding hydrogens is 475 g/mol. The van der Waals surface area contributed by atoms with Crippen LogP contribution in [0.3, 0.4) is 0 Å². The molecule has 1 saturated heterocycles. The molecule has 0 bridgehead atoms. The molecule has 0 unspecified atom stereocenters. The maximum Gasteiger partial charge on any atom is 0.433 e. The van der Waals surface area contributed by atoms with Gasteiger partial charge in [0, 0.05) is 37.1 Å². The molecule has 35 heavy (non-hydrogen) atoms.